The molecular formula is C12H16N4O. The van der Waals surface area contributed by atoms with E-state index in [1.165, 1.54) is 0 Å². The molecule has 0 saturated heterocycles. The SMILES string of the molecule is CC(C)N(CCC#N)C(=O)c1cccnc1N. The van der Waals surface area contributed by atoms with Crippen molar-refractivity contribution in [2.75, 3.05) is 12.3 Å². The summed E-state index contributed by atoms with van der Waals surface area (Å²) in [6.45, 7) is 4.21. The van der Waals surface area contributed by atoms with Crippen molar-refractivity contribution in [2.24, 2.45) is 0 Å². The first kappa shape index (κ1) is 13.0. The van der Waals surface area contributed by atoms with Crippen LogP contribution in [-0.2, 0) is 0 Å². The van der Waals surface area contributed by atoms with E-state index in [0.29, 0.717) is 18.5 Å². The monoisotopic (exact) mass is 232 g/mol. The van der Waals surface area contributed by atoms with E-state index in [-0.39, 0.29) is 17.8 Å². The zero-order valence-corrected chi connectivity index (χ0v) is 10.1. The first-order chi connectivity index (χ1) is 8.07. The third kappa shape index (κ3) is 3.18. The lowest BCUT2D eigenvalue weighted by molar-refractivity contribution is 0.0711. The van der Waals surface area contributed by atoms with Crippen molar-refractivity contribution in [3.63, 3.8) is 0 Å². The summed E-state index contributed by atoms with van der Waals surface area (Å²) in [5.41, 5.74) is 6.05. The highest BCUT2D eigenvalue weighted by atomic mass is 16.2. The Hall–Kier alpha value is -2.09. The minimum Gasteiger partial charge on any atom is -0.383 e. The molecule has 0 bridgehead atoms. The number of aromatic nitrogens is 1. The van der Waals surface area contributed by atoms with Gasteiger partial charge in [-0.15, -0.1) is 0 Å². The van der Waals surface area contributed by atoms with Gasteiger partial charge in [0.1, 0.15) is 5.82 Å². The normalized spacial score (nSPS) is 10.0. The van der Waals surface area contributed by atoms with E-state index in [0.717, 1.165) is 0 Å². The summed E-state index contributed by atoms with van der Waals surface area (Å²) in [4.78, 5) is 17.7. The van der Waals surface area contributed by atoms with Crippen LogP contribution >= 0.6 is 0 Å². The van der Waals surface area contributed by atoms with Gasteiger partial charge in [-0.25, -0.2) is 4.98 Å². The summed E-state index contributed by atoms with van der Waals surface area (Å²) in [6, 6.07) is 5.38. The second kappa shape index (κ2) is 5.85. The fourth-order valence-electron chi connectivity index (χ4n) is 1.52. The molecule has 1 rings (SSSR count). The molecule has 0 aromatic carbocycles. The maximum Gasteiger partial charge on any atom is 0.257 e. The average Bonchev–Trinajstić information content (AvgIpc) is 2.29. The molecule has 0 spiro atoms. The first-order valence-electron chi connectivity index (χ1n) is 5.46. The minimum atomic E-state index is -0.180. The minimum absolute atomic E-state index is 0.0236. The number of anilines is 1. The van der Waals surface area contributed by atoms with Gasteiger partial charge in [-0.05, 0) is 26.0 Å². The smallest absolute Gasteiger partial charge is 0.257 e. The number of carbonyl (C=O) groups excluding carboxylic acids is 1. The van der Waals surface area contributed by atoms with Gasteiger partial charge in [-0.2, -0.15) is 5.26 Å². The van der Waals surface area contributed by atoms with Crippen LogP contribution < -0.4 is 5.73 Å². The van der Waals surface area contributed by atoms with Crippen LogP contribution in [0, 0.1) is 11.3 Å². The van der Waals surface area contributed by atoms with Crippen LogP contribution in [0.2, 0.25) is 0 Å². The van der Waals surface area contributed by atoms with E-state index in [2.05, 4.69) is 4.98 Å². The number of nitrogens with zero attached hydrogens (tertiary/aromatic N) is 3. The van der Waals surface area contributed by atoms with Crippen LogP contribution in [0.25, 0.3) is 0 Å². The van der Waals surface area contributed by atoms with Gasteiger partial charge in [-0.3, -0.25) is 4.79 Å². The Bertz CT molecular complexity index is 436. The first-order valence-corrected chi connectivity index (χ1v) is 5.46. The van der Waals surface area contributed by atoms with Crippen molar-refractivity contribution in [2.45, 2.75) is 26.3 Å². The quantitative estimate of drug-likeness (QED) is 0.851. The number of carbonyl (C=O) groups is 1. The van der Waals surface area contributed by atoms with Gasteiger partial charge in [0.15, 0.2) is 0 Å². The Labute approximate surface area is 101 Å². The molecule has 17 heavy (non-hydrogen) atoms. The molecule has 0 saturated carbocycles. The number of hydrogen-bond donors (Lipinski definition) is 1. The van der Waals surface area contributed by atoms with Gasteiger partial charge in [0.05, 0.1) is 18.1 Å². The highest BCUT2D eigenvalue weighted by Gasteiger charge is 2.20. The zero-order chi connectivity index (χ0) is 12.8. The van der Waals surface area contributed by atoms with Gasteiger partial charge in [0.25, 0.3) is 5.91 Å². The summed E-state index contributed by atoms with van der Waals surface area (Å²) in [6.07, 6.45) is 1.85. The van der Waals surface area contributed by atoms with Gasteiger partial charge >= 0.3 is 0 Å². The summed E-state index contributed by atoms with van der Waals surface area (Å²) < 4.78 is 0. The molecule has 0 aliphatic heterocycles. The Morgan fingerprint density at radius 2 is 2.35 bits per heavy atom. The number of amides is 1. The zero-order valence-electron chi connectivity index (χ0n) is 10.1. The van der Waals surface area contributed by atoms with Crippen LogP contribution in [-0.4, -0.2) is 28.4 Å². The van der Waals surface area contributed by atoms with Crippen molar-refractivity contribution in [3.8, 4) is 6.07 Å². The van der Waals surface area contributed by atoms with Crippen molar-refractivity contribution in [1.29, 1.82) is 5.26 Å². The second-order valence-corrected chi connectivity index (χ2v) is 3.94. The van der Waals surface area contributed by atoms with Crippen LogP contribution in [0.4, 0.5) is 5.82 Å². The third-order valence-corrected chi connectivity index (χ3v) is 2.42. The predicted octanol–water partition coefficient (Wildman–Crippen LogP) is 1.43. The van der Waals surface area contributed by atoms with E-state index < -0.39 is 0 Å². The molecule has 0 atom stereocenters. The molecule has 0 fully saturated rings. The molecule has 1 aromatic rings. The number of rotatable bonds is 4. The molecule has 0 aliphatic rings. The maximum atomic E-state index is 12.2. The number of nitriles is 1. The predicted molar refractivity (Wildman–Crippen MR) is 65.1 cm³/mol. The molecule has 1 aromatic heterocycles. The second-order valence-electron chi connectivity index (χ2n) is 3.94. The fourth-order valence-corrected chi connectivity index (χ4v) is 1.52. The fraction of sp³-hybridized carbons (Fsp3) is 0.417. The summed E-state index contributed by atoms with van der Waals surface area (Å²) in [5, 5.41) is 8.58. The summed E-state index contributed by atoms with van der Waals surface area (Å²) in [5.74, 6) is 0.0426. The molecular weight excluding hydrogens is 216 g/mol. The van der Waals surface area contributed by atoms with E-state index >= 15 is 0 Å². The Kier molecular flexibility index (Phi) is 4.46. The number of nitrogen functional groups attached to an aromatic ring is 1. The van der Waals surface area contributed by atoms with Crippen molar-refractivity contribution < 1.29 is 4.79 Å². The Balaban J connectivity index is 2.93. The molecule has 90 valence electrons. The van der Waals surface area contributed by atoms with E-state index in [4.69, 9.17) is 11.0 Å². The lowest BCUT2D eigenvalue weighted by atomic mass is 10.2. The molecule has 5 heteroatoms. The molecule has 0 aliphatic carbocycles. The highest BCUT2D eigenvalue weighted by Crippen LogP contribution is 2.13. The Morgan fingerprint density at radius 1 is 1.65 bits per heavy atom. The molecule has 2 N–H and O–H groups in total. The van der Waals surface area contributed by atoms with Crippen LogP contribution in [0.1, 0.15) is 30.6 Å². The lowest BCUT2D eigenvalue weighted by Crippen LogP contribution is -2.38. The molecule has 0 unspecified atom stereocenters. The third-order valence-electron chi connectivity index (χ3n) is 2.42. The standard InChI is InChI=1S/C12H16N4O/c1-9(2)16(8-4-6-13)12(17)10-5-3-7-15-11(10)14/h3,5,7,9H,4,8H2,1-2H3,(H2,14,15). The van der Waals surface area contributed by atoms with Gasteiger partial charge in [0, 0.05) is 18.8 Å². The van der Waals surface area contributed by atoms with Gasteiger partial charge in [-0.1, -0.05) is 0 Å². The van der Waals surface area contributed by atoms with Gasteiger partial charge in [0.2, 0.25) is 0 Å². The topological polar surface area (TPSA) is 83.0 Å². The molecule has 1 amide bonds. The van der Waals surface area contributed by atoms with Crippen LogP contribution in [0.15, 0.2) is 18.3 Å². The Morgan fingerprint density at radius 3 is 2.88 bits per heavy atom. The summed E-state index contributed by atoms with van der Waals surface area (Å²) >= 11 is 0. The summed E-state index contributed by atoms with van der Waals surface area (Å²) in [7, 11) is 0. The molecule has 1 heterocycles. The van der Waals surface area contributed by atoms with Crippen molar-refractivity contribution in [1.82, 2.24) is 9.88 Å². The van der Waals surface area contributed by atoms with E-state index in [9.17, 15) is 4.79 Å². The largest absolute Gasteiger partial charge is 0.383 e. The average molecular weight is 232 g/mol. The van der Waals surface area contributed by atoms with Crippen LogP contribution in [0.5, 0.6) is 0 Å². The number of hydrogen-bond acceptors (Lipinski definition) is 4. The van der Waals surface area contributed by atoms with Crippen molar-refractivity contribution >= 4 is 11.7 Å². The van der Waals surface area contributed by atoms with E-state index in [1.54, 1.807) is 23.2 Å². The van der Waals surface area contributed by atoms with E-state index in [1.807, 2.05) is 19.9 Å². The van der Waals surface area contributed by atoms with Crippen molar-refractivity contribution in [3.05, 3.63) is 23.9 Å². The molecule has 5 nitrogen and oxygen atoms in total. The highest BCUT2D eigenvalue weighted by molar-refractivity contribution is 5.98. The maximum absolute atomic E-state index is 12.2. The van der Waals surface area contributed by atoms with Crippen LogP contribution in [0.3, 0.4) is 0 Å². The number of nitrogens with two attached hydrogens (primary N) is 1. The number of pyridine rings is 1. The molecule has 0 radical (unpaired) electrons. The lowest BCUT2D eigenvalue weighted by Gasteiger charge is -2.26. The van der Waals surface area contributed by atoms with Gasteiger partial charge < -0.3 is 10.6 Å².